The van der Waals surface area contributed by atoms with E-state index in [1.807, 2.05) is 11.9 Å². The van der Waals surface area contributed by atoms with Crippen molar-refractivity contribution in [2.75, 3.05) is 17.7 Å². The summed E-state index contributed by atoms with van der Waals surface area (Å²) in [5.74, 6) is -2.49. The fraction of sp³-hybridized carbons (Fsp3) is 0.148. The predicted octanol–water partition coefficient (Wildman–Crippen LogP) is 3.64. The van der Waals surface area contributed by atoms with Crippen LogP contribution in [0.15, 0.2) is 64.2 Å². The van der Waals surface area contributed by atoms with Gasteiger partial charge in [0.2, 0.25) is 0 Å². The first-order chi connectivity index (χ1) is 18.2. The van der Waals surface area contributed by atoms with E-state index in [2.05, 4.69) is 5.10 Å². The number of aryl methyl sites for hydroxylation is 1. The Kier molecular flexibility index (Phi) is 5.20. The number of rotatable bonds is 3. The van der Waals surface area contributed by atoms with Crippen molar-refractivity contribution in [2.45, 2.75) is 20.0 Å². The van der Waals surface area contributed by atoms with E-state index in [0.717, 1.165) is 22.4 Å². The Morgan fingerprint density at radius 2 is 1.66 bits per heavy atom. The Bertz CT molecular complexity index is 1890. The Balaban J connectivity index is 1.74. The van der Waals surface area contributed by atoms with Gasteiger partial charge in [-0.1, -0.05) is 18.2 Å². The lowest BCUT2D eigenvalue weighted by molar-refractivity contribution is 0.538. The highest BCUT2D eigenvalue weighted by Gasteiger charge is 2.30. The first-order valence-electron chi connectivity index (χ1n) is 11.7. The topological polar surface area (TPSA) is 91.1 Å². The molecule has 2 N–H and O–H groups in total. The van der Waals surface area contributed by atoms with Crippen molar-refractivity contribution >= 4 is 22.4 Å². The van der Waals surface area contributed by atoms with Crippen LogP contribution in [0.5, 0.6) is 0 Å². The first-order valence-corrected chi connectivity index (χ1v) is 11.7. The summed E-state index contributed by atoms with van der Waals surface area (Å²) in [4.78, 5) is 29.6. The zero-order valence-electron chi connectivity index (χ0n) is 20.4. The van der Waals surface area contributed by atoms with Crippen LogP contribution in [0.1, 0.15) is 16.8 Å². The van der Waals surface area contributed by atoms with E-state index in [1.54, 1.807) is 18.2 Å². The second kappa shape index (κ2) is 8.37. The average molecular weight is 518 g/mol. The molecular formula is C27H21F3N6O2. The SMILES string of the molecule is Cc1cccc(-n2c(=O)c3c4n(nc3n(Cc3c(F)cccc3F)c2=O)-c2ccc(N)cc2N(C)C4)c1F. The van der Waals surface area contributed by atoms with E-state index < -0.39 is 35.2 Å². The largest absolute Gasteiger partial charge is 0.399 e. The summed E-state index contributed by atoms with van der Waals surface area (Å²) in [5.41, 5.74) is 6.02. The molecular weight excluding hydrogens is 497 g/mol. The quantitative estimate of drug-likeness (QED) is 0.369. The molecule has 0 fully saturated rings. The van der Waals surface area contributed by atoms with Crippen LogP contribution in [0.4, 0.5) is 24.5 Å². The summed E-state index contributed by atoms with van der Waals surface area (Å²) < 4.78 is 47.8. The zero-order valence-corrected chi connectivity index (χ0v) is 20.4. The maximum Gasteiger partial charge on any atom is 0.337 e. The molecule has 11 heteroatoms. The van der Waals surface area contributed by atoms with Crippen molar-refractivity contribution < 1.29 is 13.2 Å². The highest BCUT2D eigenvalue weighted by Crippen LogP contribution is 2.34. The van der Waals surface area contributed by atoms with Crippen LogP contribution < -0.4 is 21.9 Å². The molecule has 192 valence electrons. The molecule has 1 aliphatic heterocycles. The first kappa shape index (κ1) is 23.6. The van der Waals surface area contributed by atoms with Crippen LogP contribution in [0.25, 0.3) is 22.4 Å². The van der Waals surface area contributed by atoms with Gasteiger partial charge in [-0.15, -0.1) is 5.10 Å². The minimum absolute atomic E-state index is 0.0385. The molecule has 6 rings (SSSR count). The maximum absolute atomic E-state index is 15.2. The molecule has 0 aliphatic carbocycles. The molecule has 38 heavy (non-hydrogen) atoms. The van der Waals surface area contributed by atoms with Crippen molar-refractivity contribution in [3.05, 3.63) is 110 Å². The number of hydrogen-bond donors (Lipinski definition) is 1. The molecule has 3 heterocycles. The number of benzene rings is 3. The van der Waals surface area contributed by atoms with Crippen LogP contribution in [0.2, 0.25) is 0 Å². The van der Waals surface area contributed by atoms with E-state index in [1.165, 1.54) is 35.9 Å². The van der Waals surface area contributed by atoms with Gasteiger partial charge >= 0.3 is 5.69 Å². The predicted molar refractivity (Wildman–Crippen MR) is 138 cm³/mol. The molecule has 1 aliphatic rings. The van der Waals surface area contributed by atoms with Crippen LogP contribution >= 0.6 is 0 Å². The molecule has 0 saturated heterocycles. The molecule has 8 nitrogen and oxygen atoms in total. The third-order valence-corrected chi connectivity index (χ3v) is 6.87. The van der Waals surface area contributed by atoms with Gasteiger partial charge in [-0.2, -0.15) is 0 Å². The molecule has 0 bridgehead atoms. The Morgan fingerprint density at radius 3 is 2.39 bits per heavy atom. The highest BCUT2D eigenvalue weighted by molar-refractivity contribution is 5.82. The Hall–Kier alpha value is -4.80. The summed E-state index contributed by atoms with van der Waals surface area (Å²) in [6.45, 7) is 1.15. The summed E-state index contributed by atoms with van der Waals surface area (Å²) in [6, 6.07) is 12.9. The average Bonchev–Trinajstić information content (AvgIpc) is 3.25. The minimum atomic E-state index is -0.976. The maximum atomic E-state index is 15.2. The highest BCUT2D eigenvalue weighted by atomic mass is 19.1. The standard InChI is InChI=1S/C27H21F3N6O2/c1-14-5-3-8-20(24(14)30)35-26(37)23-22-13-33(2)21-11-15(31)9-10-19(21)36(22)32-25(23)34(27(35)38)12-16-17(28)6-4-7-18(16)29/h3-11H,12-13,31H2,1-2H3. The number of hydrogen-bond acceptors (Lipinski definition) is 5. The van der Waals surface area contributed by atoms with Gasteiger partial charge < -0.3 is 10.6 Å². The molecule has 0 radical (unpaired) electrons. The summed E-state index contributed by atoms with van der Waals surface area (Å²) in [7, 11) is 1.81. The van der Waals surface area contributed by atoms with Crippen molar-refractivity contribution in [3.8, 4) is 11.4 Å². The molecule has 3 aromatic carbocycles. The molecule has 2 aromatic heterocycles. The van der Waals surface area contributed by atoms with Gasteiger partial charge in [-0.3, -0.25) is 9.36 Å². The van der Waals surface area contributed by atoms with Gasteiger partial charge in [-0.25, -0.2) is 27.2 Å². The second-order valence-electron chi connectivity index (χ2n) is 9.28. The van der Waals surface area contributed by atoms with Gasteiger partial charge in [0, 0.05) is 18.3 Å². The van der Waals surface area contributed by atoms with Crippen molar-refractivity contribution in [2.24, 2.45) is 0 Å². The lowest BCUT2D eigenvalue weighted by atomic mass is 10.1. The van der Waals surface area contributed by atoms with Crippen LogP contribution in [-0.2, 0) is 13.1 Å². The zero-order chi connectivity index (χ0) is 26.9. The van der Waals surface area contributed by atoms with Gasteiger partial charge in [0.1, 0.15) is 22.8 Å². The smallest absolute Gasteiger partial charge is 0.337 e. The number of anilines is 2. The van der Waals surface area contributed by atoms with Gasteiger partial charge in [-0.05, 0) is 48.9 Å². The number of fused-ring (bicyclic) bond motifs is 5. The van der Waals surface area contributed by atoms with Crippen LogP contribution in [-0.4, -0.2) is 26.0 Å². The summed E-state index contributed by atoms with van der Waals surface area (Å²) >= 11 is 0. The molecule has 0 saturated carbocycles. The molecule has 0 spiro atoms. The number of nitrogen functional groups attached to an aromatic ring is 1. The van der Waals surface area contributed by atoms with E-state index in [0.29, 0.717) is 21.6 Å². The Morgan fingerprint density at radius 1 is 0.947 bits per heavy atom. The summed E-state index contributed by atoms with van der Waals surface area (Å²) in [6.07, 6.45) is 0. The molecule has 0 amide bonds. The third-order valence-electron chi connectivity index (χ3n) is 6.87. The van der Waals surface area contributed by atoms with Crippen LogP contribution in [0, 0.1) is 24.4 Å². The van der Waals surface area contributed by atoms with Crippen molar-refractivity contribution in [1.29, 1.82) is 0 Å². The molecule has 5 aromatic rings. The van der Waals surface area contributed by atoms with Gasteiger partial charge in [0.15, 0.2) is 5.65 Å². The van der Waals surface area contributed by atoms with E-state index in [9.17, 15) is 18.4 Å². The second-order valence-corrected chi connectivity index (χ2v) is 9.28. The number of aromatic nitrogens is 4. The molecule has 0 unspecified atom stereocenters. The number of nitrogens with two attached hydrogens (primary N) is 1. The minimum Gasteiger partial charge on any atom is -0.399 e. The Labute approximate surface area is 213 Å². The summed E-state index contributed by atoms with van der Waals surface area (Å²) in [5, 5.41) is 4.61. The van der Waals surface area contributed by atoms with Crippen molar-refractivity contribution in [1.82, 2.24) is 18.9 Å². The van der Waals surface area contributed by atoms with Crippen LogP contribution in [0.3, 0.4) is 0 Å². The monoisotopic (exact) mass is 518 g/mol. The van der Waals surface area contributed by atoms with E-state index >= 15 is 4.39 Å². The van der Waals surface area contributed by atoms with Gasteiger partial charge in [0.05, 0.1) is 35.8 Å². The normalized spacial score (nSPS) is 12.6. The number of nitrogens with zero attached hydrogens (tertiary/aromatic N) is 5. The fourth-order valence-corrected chi connectivity index (χ4v) is 4.94. The van der Waals surface area contributed by atoms with E-state index in [4.69, 9.17) is 5.73 Å². The molecule has 0 atom stereocenters. The van der Waals surface area contributed by atoms with Gasteiger partial charge in [0.25, 0.3) is 5.56 Å². The van der Waals surface area contributed by atoms with Crippen molar-refractivity contribution in [3.63, 3.8) is 0 Å². The number of halogens is 3. The third kappa shape index (κ3) is 3.35. The lowest BCUT2D eigenvalue weighted by Crippen LogP contribution is -2.40. The lowest BCUT2D eigenvalue weighted by Gasteiger charge is -2.28. The van der Waals surface area contributed by atoms with E-state index in [-0.39, 0.29) is 34.4 Å². The fourth-order valence-electron chi connectivity index (χ4n) is 4.94.